The zero-order valence-electron chi connectivity index (χ0n) is 16.3. The minimum Gasteiger partial charge on any atom is -0.457 e. The lowest BCUT2D eigenvalue weighted by molar-refractivity contribution is -0.384. The van der Waals surface area contributed by atoms with E-state index >= 15 is 0 Å². The number of benzene rings is 2. The fourth-order valence-electron chi connectivity index (χ4n) is 2.78. The molecule has 3 aromatic rings. The van der Waals surface area contributed by atoms with Crippen LogP contribution in [-0.2, 0) is 13.2 Å². The van der Waals surface area contributed by atoms with Crippen LogP contribution in [0.2, 0.25) is 5.02 Å². The van der Waals surface area contributed by atoms with E-state index in [1.54, 1.807) is 25.1 Å². The number of anilines is 1. The van der Waals surface area contributed by atoms with Crippen molar-refractivity contribution in [1.82, 2.24) is 9.78 Å². The second-order valence-corrected chi connectivity index (χ2v) is 7.77. The molecule has 0 fully saturated rings. The smallest absolute Gasteiger partial charge is 0.434 e. The topological polar surface area (TPSA) is 99.3 Å². The van der Waals surface area contributed by atoms with Gasteiger partial charge in [0.2, 0.25) is 0 Å². The van der Waals surface area contributed by atoms with Crippen molar-refractivity contribution in [3.63, 3.8) is 0 Å². The molecule has 32 heavy (non-hydrogen) atoms. The predicted molar refractivity (Wildman–Crippen MR) is 113 cm³/mol. The second-order valence-electron chi connectivity index (χ2n) is 6.57. The normalized spacial score (nSPS) is 11.3. The summed E-state index contributed by atoms with van der Waals surface area (Å²) in [5.74, 6) is -0.643. The summed E-state index contributed by atoms with van der Waals surface area (Å²) in [5, 5.41) is 17.7. The number of hydrogen-bond acceptors (Lipinski definition) is 5. The summed E-state index contributed by atoms with van der Waals surface area (Å²) in [4.78, 5) is 23.1. The van der Waals surface area contributed by atoms with Gasteiger partial charge in [0.25, 0.3) is 11.6 Å². The lowest BCUT2D eigenvalue weighted by Crippen LogP contribution is -2.14. The summed E-state index contributed by atoms with van der Waals surface area (Å²) in [7, 11) is 1.04. The van der Waals surface area contributed by atoms with Crippen LogP contribution in [0.3, 0.4) is 0 Å². The van der Waals surface area contributed by atoms with E-state index in [2.05, 4.69) is 26.3 Å². The van der Waals surface area contributed by atoms with Crippen LogP contribution in [0.15, 0.2) is 40.9 Å². The number of nitrogens with zero attached hydrogens (tertiary/aromatic N) is 3. The van der Waals surface area contributed by atoms with Gasteiger partial charge in [0.1, 0.15) is 11.5 Å². The van der Waals surface area contributed by atoms with Crippen molar-refractivity contribution in [2.45, 2.75) is 13.1 Å². The van der Waals surface area contributed by atoms with E-state index in [1.807, 2.05) is 0 Å². The van der Waals surface area contributed by atoms with Gasteiger partial charge >= 0.3 is 6.18 Å². The van der Waals surface area contributed by atoms with Crippen LogP contribution in [0.1, 0.15) is 21.7 Å². The third-order valence-corrected chi connectivity index (χ3v) is 5.37. The number of nitrogens with one attached hydrogen (secondary N) is 1. The van der Waals surface area contributed by atoms with Gasteiger partial charge in [0.05, 0.1) is 21.1 Å². The van der Waals surface area contributed by atoms with E-state index in [4.69, 9.17) is 16.3 Å². The Hall–Kier alpha value is -3.12. The van der Waals surface area contributed by atoms with Crippen LogP contribution in [0.5, 0.6) is 11.5 Å². The first kappa shape index (κ1) is 23.5. The van der Waals surface area contributed by atoms with Crippen molar-refractivity contribution >= 4 is 44.8 Å². The third kappa shape index (κ3) is 5.02. The van der Waals surface area contributed by atoms with Gasteiger partial charge in [0, 0.05) is 24.2 Å². The minimum atomic E-state index is -4.75. The molecule has 0 aliphatic carbocycles. The molecule has 0 atom stereocenters. The first-order chi connectivity index (χ1) is 14.9. The Labute approximate surface area is 192 Å². The van der Waals surface area contributed by atoms with Crippen LogP contribution >= 0.6 is 27.5 Å². The number of alkyl halides is 3. The molecule has 1 amide bonds. The van der Waals surface area contributed by atoms with Gasteiger partial charge in [-0.3, -0.25) is 19.6 Å². The number of nitro benzene ring substituents is 1. The van der Waals surface area contributed by atoms with E-state index < -0.39 is 38.6 Å². The number of halogens is 5. The summed E-state index contributed by atoms with van der Waals surface area (Å²) < 4.78 is 45.0. The molecule has 8 nitrogen and oxygen atoms in total. The highest BCUT2D eigenvalue weighted by molar-refractivity contribution is 9.10. The van der Waals surface area contributed by atoms with Gasteiger partial charge in [-0.2, -0.15) is 18.3 Å². The van der Waals surface area contributed by atoms with E-state index in [-0.39, 0.29) is 11.4 Å². The standard InChI is InChI=1S/C19H13BrClF3N4O4/c1-9-5-12(3-4-14(9)21)32-13-7-10(6-11(8-13)28(30)31)25-18(29)16-15(20)17(19(22,23)24)27(2)26-16/h3-8H,1-2H3,(H,25,29). The number of aryl methyl sites for hydroxylation is 2. The monoisotopic (exact) mass is 532 g/mol. The highest BCUT2D eigenvalue weighted by atomic mass is 79.9. The number of ether oxygens (including phenoxy) is 1. The molecule has 1 N–H and O–H groups in total. The summed E-state index contributed by atoms with van der Waals surface area (Å²) in [5.41, 5.74) is -1.45. The molecule has 0 bridgehead atoms. The molecule has 13 heteroatoms. The number of amides is 1. The maximum absolute atomic E-state index is 13.1. The van der Waals surface area contributed by atoms with E-state index in [0.29, 0.717) is 21.0 Å². The summed E-state index contributed by atoms with van der Waals surface area (Å²) in [6, 6.07) is 8.22. The second kappa shape index (κ2) is 8.79. The van der Waals surface area contributed by atoms with Crippen molar-refractivity contribution in [2.24, 2.45) is 7.05 Å². The van der Waals surface area contributed by atoms with Crippen LogP contribution in [0.4, 0.5) is 24.5 Å². The SMILES string of the molecule is Cc1cc(Oc2cc(NC(=O)c3nn(C)c(C(F)(F)F)c3Br)cc([N+](=O)[O-])c2)ccc1Cl. The van der Waals surface area contributed by atoms with Gasteiger partial charge in [-0.15, -0.1) is 0 Å². The molecule has 1 aromatic heterocycles. The zero-order valence-corrected chi connectivity index (χ0v) is 18.7. The van der Waals surface area contributed by atoms with Crippen LogP contribution in [-0.4, -0.2) is 20.6 Å². The molecule has 1 heterocycles. The Kier molecular flexibility index (Phi) is 6.46. The molecular weight excluding hydrogens is 521 g/mol. The zero-order chi connectivity index (χ0) is 23.8. The highest BCUT2D eigenvalue weighted by Gasteiger charge is 2.39. The van der Waals surface area contributed by atoms with Crippen molar-refractivity contribution in [3.8, 4) is 11.5 Å². The number of carbonyl (C=O) groups excluding carboxylic acids is 1. The van der Waals surface area contributed by atoms with Crippen molar-refractivity contribution in [3.05, 3.63) is 73.0 Å². The van der Waals surface area contributed by atoms with Crippen molar-refractivity contribution in [1.29, 1.82) is 0 Å². The summed E-state index contributed by atoms with van der Waals surface area (Å²) in [6.45, 7) is 1.74. The lowest BCUT2D eigenvalue weighted by Gasteiger charge is -2.10. The molecule has 0 saturated heterocycles. The summed E-state index contributed by atoms with van der Waals surface area (Å²) in [6.07, 6.45) is -4.75. The van der Waals surface area contributed by atoms with Crippen LogP contribution in [0, 0.1) is 17.0 Å². The lowest BCUT2D eigenvalue weighted by atomic mass is 10.2. The van der Waals surface area contributed by atoms with Gasteiger partial charge in [-0.25, -0.2) is 0 Å². The Balaban J connectivity index is 1.93. The predicted octanol–water partition coefficient (Wildman–Crippen LogP) is 6.12. The van der Waals surface area contributed by atoms with E-state index in [0.717, 1.165) is 19.2 Å². The van der Waals surface area contributed by atoms with Crippen LogP contribution < -0.4 is 10.1 Å². The van der Waals surface area contributed by atoms with E-state index in [9.17, 15) is 28.1 Å². The Morgan fingerprint density at radius 3 is 2.50 bits per heavy atom. The number of nitro groups is 1. The molecule has 3 rings (SSSR count). The largest absolute Gasteiger partial charge is 0.457 e. The number of non-ortho nitro benzene ring substituents is 1. The minimum absolute atomic E-state index is 0.0206. The van der Waals surface area contributed by atoms with Gasteiger partial charge in [0.15, 0.2) is 11.4 Å². The number of aromatic nitrogens is 2. The van der Waals surface area contributed by atoms with Crippen molar-refractivity contribution in [2.75, 3.05) is 5.32 Å². The maximum Gasteiger partial charge on any atom is 0.434 e. The molecule has 0 spiro atoms. The average molecular weight is 534 g/mol. The quantitative estimate of drug-likeness (QED) is 0.315. The molecule has 0 unspecified atom stereocenters. The Morgan fingerprint density at radius 2 is 1.94 bits per heavy atom. The van der Waals surface area contributed by atoms with E-state index in [1.165, 1.54) is 6.07 Å². The van der Waals surface area contributed by atoms with Gasteiger partial charge in [-0.05, 0) is 46.6 Å². The number of rotatable bonds is 5. The Bertz CT molecular complexity index is 1230. The fraction of sp³-hybridized carbons (Fsp3) is 0.158. The van der Waals surface area contributed by atoms with Crippen LogP contribution in [0.25, 0.3) is 0 Å². The first-order valence-corrected chi connectivity index (χ1v) is 9.88. The maximum atomic E-state index is 13.1. The molecule has 0 radical (unpaired) electrons. The molecule has 0 saturated carbocycles. The van der Waals surface area contributed by atoms with Crippen molar-refractivity contribution < 1.29 is 27.6 Å². The molecule has 0 aliphatic rings. The first-order valence-electron chi connectivity index (χ1n) is 8.71. The van der Waals surface area contributed by atoms with Gasteiger partial charge < -0.3 is 10.1 Å². The Morgan fingerprint density at radius 1 is 1.25 bits per heavy atom. The fourth-order valence-corrected chi connectivity index (χ4v) is 3.64. The average Bonchev–Trinajstić information content (AvgIpc) is 2.99. The molecule has 168 valence electrons. The highest BCUT2D eigenvalue weighted by Crippen LogP contribution is 2.37. The third-order valence-electron chi connectivity index (χ3n) is 4.20. The molecule has 0 aliphatic heterocycles. The molecular formula is C19H13BrClF3N4O4. The molecule has 2 aromatic carbocycles. The van der Waals surface area contributed by atoms with Gasteiger partial charge in [-0.1, -0.05) is 11.6 Å². The number of hydrogen-bond donors (Lipinski definition) is 1. The number of carbonyl (C=O) groups is 1. The summed E-state index contributed by atoms with van der Waals surface area (Å²) >= 11 is 8.72.